The maximum Gasteiger partial charge on any atom is 0.330 e. The van der Waals surface area contributed by atoms with Crippen molar-refractivity contribution in [3.05, 3.63) is 65.2 Å². The maximum absolute atomic E-state index is 12.2. The summed E-state index contributed by atoms with van der Waals surface area (Å²) in [5.74, 6) is 0. The maximum atomic E-state index is 12.2. The Hall–Kier alpha value is -2.68. The van der Waals surface area contributed by atoms with Crippen molar-refractivity contribution < 1.29 is 0 Å². The van der Waals surface area contributed by atoms with Crippen LogP contribution in [-0.2, 0) is 27.2 Å². The highest BCUT2D eigenvalue weighted by molar-refractivity contribution is 5.00. The molecule has 9 heteroatoms. The zero-order valence-corrected chi connectivity index (χ0v) is 22.2. The van der Waals surface area contributed by atoms with E-state index in [1.165, 1.54) is 26.2 Å². The smallest absolute Gasteiger partial charge is 0.304 e. The van der Waals surface area contributed by atoms with Crippen molar-refractivity contribution in [3.63, 3.8) is 0 Å². The van der Waals surface area contributed by atoms with Gasteiger partial charge in [0.2, 0.25) is 0 Å². The van der Waals surface area contributed by atoms with Crippen molar-refractivity contribution in [1.29, 1.82) is 0 Å². The Labute approximate surface area is 207 Å². The molecule has 0 spiro atoms. The van der Waals surface area contributed by atoms with Crippen molar-refractivity contribution in [1.82, 2.24) is 23.2 Å². The van der Waals surface area contributed by atoms with Crippen LogP contribution < -0.4 is 22.5 Å². The summed E-state index contributed by atoms with van der Waals surface area (Å²) in [6.07, 6.45) is 8.54. The molecule has 0 saturated carbocycles. The van der Waals surface area contributed by atoms with Gasteiger partial charge < -0.3 is 4.90 Å². The predicted molar refractivity (Wildman–Crippen MR) is 140 cm³/mol. The van der Waals surface area contributed by atoms with Gasteiger partial charge in [0.15, 0.2) is 0 Å². The first-order valence-corrected chi connectivity index (χ1v) is 12.9. The molecule has 0 unspecified atom stereocenters. The normalized spacial score (nSPS) is 11.5. The van der Waals surface area contributed by atoms with Gasteiger partial charge in [-0.1, -0.05) is 32.6 Å². The third kappa shape index (κ3) is 8.19. The lowest BCUT2D eigenvalue weighted by Crippen LogP contribution is -2.38. The van der Waals surface area contributed by atoms with Gasteiger partial charge in [-0.25, -0.2) is 9.59 Å². The molecule has 0 atom stereocenters. The minimum Gasteiger partial charge on any atom is -0.304 e. The lowest BCUT2D eigenvalue weighted by atomic mass is 10.1. The SMILES string of the molecule is CCN(CCCCCCn1c(C)cc(=O)n(C)c1=O)CCCCCCn1c(C)cc(=O)n(C)c1=O. The standard InChI is InChI=1S/C26H43N5O4/c1-6-29(15-11-7-9-13-17-30-21(2)19-23(32)27(4)25(30)34)16-12-8-10-14-18-31-22(3)20-24(33)28(5)26(31)35/h19-20H,6-18H2,1-5H3. The molecule has 0 radical (unpaired) electrons. The number of aryl methyl sites for hydroxylation is 2. The third-order valence-electron chi connectivity index (χ3n) is 6.87. The molecule has 0 N–H and O–H groups in total. The van der Waals surface area contributed by atoms with Gasteiger partial charge in [0.1, 0.15) is 0 Å². The summed E-state index contributed by atoms with van der Waals surface area (Å²) in [6.45, 7) is 10.3. The van der Waals surface area contributed by atoms with Gasteiger partial charge in [-0.3, -0.25) is 27.9 Å². The molecule has 2 heterocycles. The summed E-state index contributed by atoms with van der Waals surface area (Å²) in [5, 5.41) is 0. The molecule has 196 valence electrons. The van der Waals surface area contributed by atoms with Crippen LogP contribution in [0.4, 0.5) is 0 Å². The molecule has 2 aromatic heterocycles. The predicted octanol–water partition coefficient (Wildman–Crippen LogP) is 2.17. The van der Waals surface area contributed by atoms with Gasteiger partial charge in [-0.2, -0.15) is 0 Å². The number of hydrogen-bond donors (Lipinski definition) is 0. The van der Waals surface area contributed by atoms with Crippen LogP contribution in [0.3, 0.4) is 0 Å². The van der Waals surface area contributed by atoms with Gasteiger partial charge in [0.05, 0.1) is 0 Å². The first-order chi connectivity index (χ1) is 16.7. The Balaban J connectivity index is 1.60. The van der Waals surface area contributed by atoms with E-state index in [1.54, 1.807) is 9.13 Å². The van der Waals surface area contributed by atoms with Crippen LogP contribution in [0.5, 0.6) is 0 Å². The quantitative estimate of drug-likeness (QED) is 0.358. The molecule has 0 aromatic carbocycles. The van der Waals surface area contributed by atoms with E-state index in [0.29, 0.717) is 13.1 Å². The fourth-order valence-electron chi connectivity index (χ4n) is 4.45. The average Bonchev–Trinajstić information content (AvgIpc) is 2.82. The summed E-state index contributed by atoms with van der Waals surface area (Å²) < 4.78 is 5.71. The number of unbranched alkanes of at least 4 members (excludes halogenated alkanes) is 6. The van der Waals surface area contributed by atoms with Crippen LogP contribution in [0, 0.1) is 13.8 Å². The molecule has 2 rings (SSSR count). The lowest BCUT2D eigenvalue weighted by molar-refractivity contribution is 0.273. The Morgan fingerprint density at radius 3 is 1.37 bits per heavy atom. The highest BCUT2D eigenvalue weighted by atomic mass is 16.2. The molecule has 0 bridgehead atoms. The largest absolute Gasteiger partial charge is 0.330 e. The van der Waals surface area contributed by atoms with Gasteiger partial charge in [0, 0.05) is 50.7 Å². The van der Waals surface area contributed by atoms with E-state index in [4.69, 9.17) is 0 Å². The minimum atomic E-state index is -0.252. The molecule has 0 saturated heterocycles. The minimum absolute atomic E-state index is 0.233. The van der Waals surface area contributed by atoms with E-state index < -0.39 is 0 Å². The number of rotatable bonds is 15. The molecule has 0 amide bonds. The van der Waals surface area contributed by atoms with E-state index in [-0.39, 0.29) is 22.5 Å². The van der Waals surface area contributed by atoms with Crippen LogP contribution in [0.25, 0.3) is 0 Å². The van der Waals surface area contributed by atoms with Crippen molar-refractivity contribution in [3.8, 4) is 0 Å². The van der Waals surface area contributed by atoms with Crippen LogP contribution in [0.15, 0.2) is 31.3 Å². The van der Waals surface area contributed by atoms with Gasteiger partial charge in [0.25, 0.3) is 11.1 Å². The Bertz CT molecular complexity index is 1100. The van der Waals surface area contributed by atoms with E-state index >= 15 is 0 Å². The molecule has 9 nitrogen and oxygen atoms in total. The number of hydrogen-bond acceptors (Lipinski definition) is 5. The third-order valence-corrected chi connectivity index (χ3v) is 6.87. The second-order valence-electron chi connectivity index (χ2n) is 9.50. The Morgan fingerprint density at radius 2 is 1.00 bits per heavy atom. The molecule has 35 heavy (non-hydrogen) atoms. The lowest BCUT2D eigenvalue weighted by Gasteiger charge is -2.20. The van der Waals surface area contributed by atoms with E-state index in [9.17, 15) is 19.2 Å². The molecular formula is C26H43N5O4. The Kier molecular flexibility index (Phi) is 11.4. The summed E-state index contributed by atoms with van der Waals surface area (Å²) >= 11 is 0. The van der Waals surface area contributed by atoms with Crippen molar-refractivity contribution in [2.45, 2.75) is 85.2 Å². The van der Waals surface area contributed by atoms with Crippen LogP contribution in [0.2, 0.25) is 0 Å². The average molecular weight is 490 g/mol. The molecule has 0 aliphatic carbocycles. The fraction of sp³-hybridized carbons (Fsp3) is 0.692. The van der Waals surface area contributed by atoms with Gasteiger partial charge in [-0.05, 0) is 59.2 Å². The summed E-state index contributed by atoms with van der Waals surface area (Å²) in [4.78, 5) is 50.3. The summed E-state index contributed by atoms with van der Waals surface area (Å²) in [6, 6.07) is 3.04. The topological polar surface area (TPSA) is 91.2 Å². The highest BCUT2D eigenvalue weighted by Crippen LogP contribution is 2.07. The highest BCUT2D eigenvalue weighted by Gasteiger charge is 2.07. The molecule has 0 aliphatic rings. The molecule has 0 aliphatic heterocycles. The zero-order chi connectivity index (χ0) is 26.0. The monoisotopic (exact) mass is 489 g/mol. The number of aromatic nitrogens is 4. The molecule has 2 aromatic rings. The number of nitrogens with zero attached hydrogens (tertiary/aromatic N) is 5. The molecular weight excluding hydrogens is 446 g/mol. The van der Waals surface area contributed by atoms with Crippen LogP contribution in [-0.4, -0.2) is 42.8 Å². The van der Waals surface area contributed by atoms with E-state index in [0.717, 1.165) is 91.5 Å². The second kappa shape index (κ2) is 14.0. The Morgan fingerprint density at radius 1 is 0.629 bits per heavy atom. The second-order valence-corrected chi connectivity index (χ2v) is 9.50. The summed E-state index contributed by atoms with van der Waals surface area (Å²) in [5.41, 5.74) is 0.489. The first-order valence-electron chi connectivity index (χ1n) is 12.9. The van der Waals surface area contributed by atoms with Crippen LogP contribution >= 0.6 is 0 Å². The zero-order valence-electron chi connectivity index (χ0n) is 22.2. The molecule has 0 fully saturated rings. The van der Waals surface area contributed by atoms with Crippen molar-refractivity contribution in [2.24, 2.45) is 14.1 Å². The van der Waals surface area contributed by atoms with Crippen molar-refractivity contribution >= 4 is 0 Å². The van der Waals surface area contributed by atoms with Crippen LogP contribution in [0.1, 0.15) is 69.7 Å². The van der Waals surface area contributed by atoms with Crippen molar-refractivity contribution in [2.75, 3.05) is 19.6 Å². The van der Waals surface area contributed by atoms with E-state index in [1.807, 2.05) is 13.8 Å². The summed E-state index contributed by atoms with van der Waals surface area (Å²) in [7, 11) is 3.05. The van der Waals surface area contributed by atoms with Gasteiger partial charge in [-0.15, -0.1) is 0 Å². The fourth-order valence-corrected chi connectivity index (χ4v) is 4.45. The van der Waals surface area contributed by atoms with E-state index in [2.05, 4.69) is 11.8 Å². The van der Waals surface area contributed by atoms with Gasteiger partial charge >= 0.3 is 11.4 Å². The first kappa shape index (κ1) is 28.6.